The number of Topliss-reactive ketones (excluding diaryl/α,β-unsaturated/α-hetero) is 1. The summed E-state index contributed by atoms with van der Waals surface area (Å²) in [6, 6.07) is 5.35. The molecule has 2 aromatic rings. The van der Waals surface area contributed by atoms with Crippen molar-refractivity contribution < 1.29 is 4.79 Å². The summed E-state index contributed by atoms with van der Waals surface area (Å²) >= 11 is 9.32. The highest BCUT2D eigenvalue weighted by molar-refractivity contribution is 9.10. The van der Waals surface area contributed by atoms with Crippen molar-refractivity contribution in [1.29, 1.82) is 0 Å². The average molecular weight is 300 g/mol. The third kappa shape index (κ3) is 2.03. The van der Waals surface area contributed by atoms with Crippen molar-refractivity contribution >= 4 is 33.3 Å². The summed E-state index contributed by atoms with van der Waals surface area (Å²) in [5.74, 6) is -0.0226. The van der Waals surface area contributed by atoms with Crippen LogP contribution in [0.4, 0.5) is 0 Å². The first-order chi connectivity index (χ1) is 7.59. The predicted molar refractivity (Wildman–Crippen MR) is 66.3 cm³/mol. The minimum atomic E-state index is -0.0226. The predicted octanol–water partition coefficient (Wildman–Crippen LogP) is 3.49. The Morgan fingerprint density at radius 1 is 1.56 bits per heavy atom. The van der Waals surface area contributed by atoms with Crippen molar-refractivity contribution in [3.8, 4) is 5.69 Å². The minimum Gasteiger partial charge on any atom is -0.310 e. The number of pyridine rings is 1. The van der Waals surface area contributed by atoms with E-state index in [1.807, 2.05) is 6.07 Å². The van der Waals surface area contributed by atoms with Crippen LogP contribution in [0.25, 0.3) is 5.69 Å². The van der Waals surface area contributed by atoms with Crippen LogP contribution >= 0.6 is 27.5 Å². The normalized spacial score (nSPS) is 10.4. The third-order valence-corrected chi connectivity index (χ3v) is 2.87. The maximum Gasteiger partial charge on any atom is 0.176 e. The summed E-state index contributed by atoms with van der Waals surface area (Å²) in [6.07, 6.45) is 3.40. The first kappa shape index (κ1) is 11.4. The van der Waals surface area contributed by atoms with Crippen LogP contribution in [0.15, 0.2) is 35.1 Å². The summed E-state index contributed by atoms with van der Waals surface area (Å²) in [6.45, 7) is 1.52. The Morgan fingerprint density at radius 2 is 2.31 bits per heavy atom. The van der Waals surface area contributed by atoms with E-state index in [0.717, 1.165) is 4.47 Å². The van der Waals surface area contributed by atoms with Gasteiger partial charge in [0.2, 0.25) is 0 Å². The summed E-state index contributed by atoms with van der Waals surface area (Å²) < 4.78 is 2.56. The zero-order chi connectivity index (χ0) is 11.7. The molecule has 2 rings (SSSR count). The number of ketones is 1. The van der Waals surface area contributed by atoms with Gasteiger partial charge in [0.25, 0.3) is 0 Å². The molecule has 0 bridgehead atoms. The van der Waals surface area contributed by atoms with Crippen molar-refractivity contribution in [2.75, 3.05) is 0 Å². The molecule has 2 aromatic heterocycles. The highest BCUT2D eigenvalue weighted by Crippen LogP contribution is 2.24. The van der Waals surface area contributed by atoms with Gasteiger partial charge < -0.3 is 4.57 Å². The third-order valence-electron chi connectivity index (χ3n) is 2.15. The molecule has 0 aliphatic heterocycles. The van der Waals surface area contributed by atoms with E-state index in [-0.39, 0.29) is 5.78 Å². The molecule has 0 atom stereocenters. The first-order valence-electron chi connectivity index (χ1n) is 4.59. The molecular weight excluding hydrogens is 291 g/mol. The van der Waals surface area contributed by atoms with Crippen LogP contribution in [0.3, 0.4) is 0 Å². The molecule has 16 heavy (non-hydrogen) atoms. The van der Waals surface area contributed by atoms with Crippen molar-refractivity contribution in [1.82, 2.24) is 9.55 Å². The molecule has 0 fully saturated rings. The lowest BCUT2D eigenvalue weighted by Crippen LogP contribution is -2.04. The molecule has 0 radical (unpaired) electrons. The van der Waals surface area contributed by atoms with Crippen molar-refractivity contribution in [2.45, 2.75) is 6.92 Å². The summed E-state index contributed by atoms with van der Waals surface area (Å²) in [4.78, 5) is 15.4. The molecule has 0 aliphatic rings. The summed E-state index contributed by atoms with van der Waals surface area (Å²) in [5.41, 5.74) is 1.27. The molecular formula is C11H8BrClN2O. The minimum absolute atomic E-state index is 0.0226. The monoisotopic (exact) mass is 298 g/mol. The van der Waals surface area contributed by atoms with Gasteiger partial charge >= 0.3 is 0 Å². The second-order valence-corrected chi connectivity index (χ2v) is 4.56. The first-order valence-corrected chi connectivity index (χ1v) is 5.76. The van der Waals surface area contributed by atoms with Crippen LogP contribution in [0.1, 0.15) is 17.4 Å². The average Bonchev–Trinajstić information content (AvgIpc) is 2.61. The van der Waals surface area contributed by atoms with Crippen molar-refractivity contribution in [3.05, 3.63) is 45.9 Å². The zero-order valence-corrected chi connectivity index (χ0v) is 10.8. The lowest BCUT2D eigenvalue weighted by atomic mass is 10.3. The molecule has 0 unspecified atom stereocenters. The van der Waals surface area contributed by atoms with Gasteiger partial charge in [0, 0.05) is 23.8 Å². The molecule has 2 heterocycles. The quantitative estimate of drug-likeness (QED) is 0.628. The topological polar surface area (TPSA) is 34.9 Å². The van der Waals surface area contributed by atoms with Crippen LogP contribution in [0.2, 0.25) is 5.15 Å². The molecule has 0 saturated carbocycles. The van der Waals surface area contributed by atoms with Crippen LogP contribution < -0.4 is 0 Å². The van der Waals surface area contributed by atoms with E-state index >= 15 is 0 Å². The fourth-order valence-corrected chi connectivity index (χ4v) is 2.09. The van der Waals surface area contributed by atoms with Gasteiger partial charge in [0.05, 0.1) is 11.4 Å². The Bertz CT molecular complexity index is 551. The van der Waals surface area contributed by atoms with Gasteiger partial charge in [-0.05, 0) is 34.1 Å². The molecule has 3 nitrogen and oxygen atoms in total. The standard InChI is InChI=1S/C11H8BrClN2O/c1-7(16)10-5-8(12)6-15(10)9-3-2-4-14-11(9)13/h2-6H,1H3. The number of carbonyl (C=O) groups is 1. The van der Waals surface area contributed by atoms with E-state index in [1.54, 1.807) is 29.1 Å². The van der Waals surface area contributed by atoms with E-state index in [1.165, 1.54) is 6.92 Å². The lowest BCUT2D eigenvalue weighted by Gasteiger charge is -2.07. The van der Waals surface area contributed by atoms with E-state index in [9.17, 15) is 4.79 Å². The van der Waals surface area contributed by atoms with Gasteiger partial charge in [-0.3, -0.25) is 4.79 Å². The molecule has 0 saturated heterocycles. The molecule has 5 heteroatoms. The molecule has 0 amide bonds. The second kappa shape index (κ2) is 4.39. The molecule has 0 aliphatic carbocycles. The summed E-state index contributed by atoms with van der Waals surface area (Å²) in [5, 5.41) is 0.369. The van der Waals surface area contributed by atoms with Gasteiger partial charge in [-0.2, -0.15) is 0 Å². The largest absolute Gasteiger partial charge is 0.310 e. The van der Waals surface area contributed by atoms with E-state index in [4.69, 9.17) is 11.6 Å². The highest BCUT2D eigenvalue weighted by atomic mass is 79.9. The fourth-order valence-electron chi connectivity index (χ4n) is 1.46. The molecule has 0 spiro atoms. The molecule has 0 N–H and O–H groups in total. The zero-order valence-electron chi connectivity index (χ0n) is 8.45. The smallest absolute Gasteiger partial charge is 0.176 e. The van der Waals surface area contributed by atoms with Crippen LogP contribution in [-0.2, 0) is 0 Å². The maximum atomic E-state index is 11.5. The van der Waals surface area contributed by atoms with Crippen LogP contribution in [0.5, 0.6) is 0 Å². The van der Waals surface area contributed by atoms with Crippen LogP contribution in [0, 0.1) is 0 Å². The van der Waals surface area contributed by atoms with Gasteiger partial charge in [-0.15, -0.1) is 0 Å². The van der Waals surface area contributed by atoms with Gasteiger partial charge in [-0.1, -0.05) is 11.6 Å². The fraction of sp³-hybridized carbons (Fsp3) is 0.0909. The van der Waals surface area contributed by atoms with Crippen LogP contribution in [-0.4, -0.2) is 15.3 Å². The van der Waals surface area contributed by atoms with Gasteiger partial charge in [-0.25, -0.2) is 4.98 Å². The number of aromatic nitrogens is 2. The number of hydrogen-bond acceptors (Lipinski definition) is 2. The lowest BCUT2D eigenvalue weighted by molar-refractivity contribution is 0.101. The Kier molecular flexibility index (Phi) is 3.12. The van der Waals surface area contributed by atoms with Crippen molar-refractivity contribution in [3.63, 3.8) is 0 Å². The Balaban J connectivity index is 2.64. The second-order valence-electron chi connectivity index (χ2n) is 3.28. The molecule has 82 valence electrons. The number of hydrogen-bond donors (Lipinski definition) is 0. The number of nitrogens with zero attached hydrogens (tertiary/aromatic N) is 2. The summed E-state index contributed by atoms with van der Waals surface area (Å²) in [7, 11) is 0. The maximum absolute atomic E-state index is 11.5. The highest BCUT2D eigenvalue weighted by Gasteiger charge is 2.12. The van der Waals surface area contributed by atoms with E-state index in [0.29, 0.717) is 16.5 Å². The van der Waals surface area contributed by atoms with E-state index < -0.39 is 0 Å². The van der Waals surface area contributed by atoms with Crippen molar-refractivity contribution in [2.24, 2.45) is 0 Å². The Morgan fingerprint density at radius 3 is 2.94 bits per heavy atom. The van der Waals surface area contributed by atoms with Gasteiger partial charge in [0.15, 0.2) is 10.9 Å². The number of carbonyl (C=O) groups excluding carboxylic acids is 1. The number of halogens is 2. The van der Waals surface area contributed by atoms with E-state index in [2.05, 4.69) is 20.9 Å². The molecule has 0 aromatic carbocycles. The number of rotatable bonds is 2. The van der Waals surface area contributed by atoms with Gasteiger partial charge in [0.1, 0.15) is 0 Å². The SMILES string of the molecule is CC(=O)c1cc(Br)cn1-c1cccnc1Cl. The Hall–Kier alpha value is -1.13. The Labute approximate surface area is 106 Å².